The highest BCUT2D eigenvalue weighted by atomic mass is 32.1. The maximum atomic E-state index is 4.62. The fourth-order valence-corrected chi connectivity index (χ4v) is 2.55. The van der Waals surface area contributed by atoms with E-state index in [0.717, 1.165) is 13.0 Å². The molecule has 0 saturated heterocycles. The van der Waals surface area contributed by atoms with Crippen LogP contribution in [0.3, 0.4) is 0 Å². The molecule has 0 radical (unpaired) electrons. The van der Waals surface area contributed by atoms with Gasteiger partial charge in [0.25, 0.3) is 0 Å². The summed E-state index contributed by atoms with van der Waals surface area (Å²) in [6.45, 7) is 5.55. The van der Waals surface area contributed by atoms with E-state index in [2.05, 4.69) is 30.8 Å². The number of hydrogen-bond acceptors (Lipinski definition) is 3. The lowest BCUT2D eigenvalue weighted by atomic mass is 10.2. The average Bonchev–Trinajstić information content (AvgIpc) is 2.53. The number of rotatable bonds is 1. The zero-order valence-electron chi connectivity index (χ0n) is 7.79. The van der Waals surface area contributed by atoms with Crippen molar-refractivity contribution in [3.8, 4) is 0 Å². The summed E-state index contributed by atoms with van der Waals surface area (Å²) in [6.07, 6.45) is 1.13. The van der Waals surface area contributed by atoms with Gasteiger partial charge in [0.1, 0.15) is 5.00 Å². The van der Waals surface area contributed by atoms with Gasteiger partial charge in [0.2, 0.25) is 0 Å². The second-order valence-electron chi connectivity index (χ2n) is 3.63. The molecule has 1 aromatic rings. The first-order chi connectivity index (χ1) is 5.68. The molecule has 1 aliphatic rings. The van der Waals surface area contributed by atoms with E-state index in [1.807, 2.05) is 11.3 Å². The number of hydrogen-bond donors (Lipinski definition) is 0. The van der Waals surface area contributed by atoms with E-state index >= 15 is 0 Å². The number of nitrogens with zero attached hydrogens (tertiary/aromatic N) is 2. The molecule has 12 heavy (non-hydrogen) atoms. The minimum Gasteiger partial charge on any atom is -0.365 e. The Morgan fingerprint density at radius 1 is 1.50 bits per heavy atom. The van der Waals surface area contributed by atoms with Crippen LogP contribution in [0.25, 0.3) is 0 Å². The molecule has 0 unspecified atom stereocenters. The molecule has 2 heterocycles. The molecule has 0 N–H and O–H groups in total. The van der Waals surface area contributed by atoms with Gasteiger partial charge in [-0.2, -0.15) is 0 Å². The van der Waals surface area contributed by atoms with Gasteiger partial charge in [0, 0.05) is 25.9 Å². The lowest BCUT2D eigenvalue weighted by Crippen LogP contribution is -2.11. The van der Waals surface area contributed by atoms with Crippen molar-refractivity contribution in [1.82, 2.24) is 4.98 Å². The normalized spacial score (nSPS) is 15.8. The van der Waals surface area contributed by atoms with Gasteiger partial charge in [-0.1, -0.05) is 13.8 Å². The summed E-state index contributed by atoms with van der Waals surface area (Å²) in [4.78, 5) is 6.92. The second kappa shape index (κ2) is 2.73. The van der Waals surface area contributed by atoms with Crippen LogP contribution in [0, 0.1) is 0 Å². The standard InChI is InChI=1S/C9H14N2S/c1-6(2)8-10-7-4-5-11(3)9(7)12-8/h6H,4-5H2,1-3H3. The van der Waals surface area contributed by atoms with Crippen molar-refractivity contribution in [2.75, 3.05) is 18.5 Å². The molecule has 0 atom stereocenters. The lowest BCUT2D eigenvalue weighted by molar-refractivity contribution is 0.837. The number of anilines is 1. The summed E-state index contributed by atoms with van der Waals surface area (Å²) in [5.74, 6) is 0.578. The van der Waals surface area contributed by atoms with E-state index in [9.17, 15) is 0 Å². The van der Waals surface area contributed by atoms with Crippen molar-refractivity contribution in [1.29, 1.82) is 0 Å². The third-order valence-electron chi connectivity index (χ3n) is 2.22. The zero-order valence-corrected chi connectivity index (χ0v) is 8.61. The first-order valence-corrected chi connectivity index (χ1v) is 5.21. The zero-order chi connectivity index (χ0) is 8.72. The molecule has 0 saturated carbocycles. The minimum absolute atomic E-state index is 0.578. The largest absolute Gasteiger partial charge is 0.365 e. The first kappa shape index (κ1) is 8.05. The molecule has 0 aliphatic carbocycles. The third-order valence-corrected chi connectivity index (χ3v) is 3.73. The van der Waals surface area contributed by atoms with Gasteiger partial charge in [-0.3, -0.25) is 0 Å². The van der Waals surface area contributed by atoms with Gasteiger partial charge < -0.3 is 4.90 Å². The number of aromatic nitrogens is 1. The van der Waals surface area contributed by atoms with Crippen LogP contribution in [0.1, 0.15) is 30.5 Å². The maximum absolute atomic E-state index is 4.62. The maximum Gasteiger partial charge on any atom is 0.114 e. The van der Waals surface area contributed by atoms with Gasteiger partial charge in [-0.25, -0.2) is 4.98 Å². The lowest BCUT2D eigenvalue weighted by Gasteiger charge is -2.07. The Kier molecular flexibility index (Phi) is 1.83. The van der Waals surface area contributed by atoms with Gasteiger partial charge in [0.15, 0.2) is 0 Å². The Morgan fingerprint density at radius 3 is 2.83 bits per heavy atom. The van der Waals surface area contributed by atoms with E-state index in [1.54, 1.807) is 0 Å². The van der Waals surface area contributed by atoms with E-state index in [1.165, 1.54) is 15.7 Å². The Morgan fingerprint density at radius 2 is 2.25 bits per heavy atom. The second-order valence-corrected chi connectivity index (χ2v) is 4.64. The highest BCUT2D eigenvalue weighted by Crippen LogP contribution is 2.35. The van der Waals surface area contributed by atoms with E-state index in [0.29, 0.717) is 5.92 Å². The van der Waals surface area contributed by atoms with Crippen molar-refractivity contribution in [3.63, 3.8) is 0 Å². The summed E-state index contributed by atoms with van der Waals surface area (Å²) >= 11 is 1.85. The number of fused-ring (bicyclic) bond motifs is 1. The molecule has 3 heteroatoms. The predicted molar refractivity (Wildman–Crippen MR) is 53.2 cm³/mol. The molecule has 1 aliphatic heterocycles. The average molecular weight is 182 g/mol. The third kappa shape index (κ3) is 1.12. The van der Waals surface area contributed by atoms with Crippen molar-refractivity contribution in [3.05, 3.63) is 10.7 Å². The summed E-state index contributed by atoms with van der Waals surface area (Å²) in [5.41, 5.74) is 1.31. The molecule has 0 fully saturated rings. The van der Waals surface area contributed by atoms with Crippen molar-refractivity contribution < 1.29 is 0 Å². The highest BCUT2D eigenvalue weighted by Gasteiger charge is 2.21. The Balaban J connectivity index is 2.36. The monoisotopic (exact) mass is 182 g/mol. The van der Waals surface area contributed by atoms with Crippen LogP contribution < -0.4 is 4.90 Å². The molecular formula is C9H14N2S. The molecule has 2 nitrogen and oxygen atoms in total. The molecule has 0 amide bonds. The molecular weight excluding hydrogens is 168 g/mol. The minimum atomic E-state index is 0.578. The van der Waals surface area contributed by atoms with Crippen LogP contribution >= 0.6 is 11.3 Å². The molecule has 66 valence electrons. The molecule has 2 rings (SSSR count). The van der Waals surface area contributed by atoms with Gasteiger partial charge in [-0.15, -0.1) is 11.3 Å². The van der Waals surface area contributed by atoms with Crippen LogP contribution in [0.15, 0.2) is 0 Å². The fourth-order valence-electron chi connectivity index (χ4n) is 1.44. The van der Waals surface area contributed by atoms with Gasteiger partial charge in [-0.05, 0) is 0 Å². The van der Waals surface area contributed by atoms with Gasteiger partial charge >= 0.3 is 0 Å². The van der Waals surface area contributed by atoms with Crippen molar-refractivity contribution >= 4 is 16.3 Å². The van der Waals surface area contributed by atoms with Gasteiger partial charge in [0.05, 0.1) is 10.7 Å². The van der Waals surface area contributed by atoms with E-state index < -0.39 is 0 Å². The summed E-state index contributed by atoms with van der Waals surface area (Å²) < 4.78 is 0. The SMILES string of the molecule is CC(C)c1nc2c(s1)N(C)CC2. The fraction of sp³-hybridized carbons (Fsp3) is 0.667. The topological polar surface area (TPSA) is 16.1 Å². The van der Waals surface area contributed by atoms with Crippen LogP contribution in [-0.4, -0.2) is 18.6 Å². The number of likely N-dealkylation sites (N-methyl/N-ethyl adjacent to an activating group) is 1. The van der Waals surface area contributed by atoms with Crippen LogP contribution in [0.4, 0.5) is 5.00 Å². The summed E-state index contributed by atoms with van der Waals surface area (Å²) in [5, 5.41) is 2.67. The highest BCUT2D eigenvalue weighted by molar-refractivity contribution is 7.16. The van der Waals surface area contributed by atoms with E-state index in [4.69, 9.17) is 0 Å². The van der Waals surface area contributed by atoms with Crippen LogP contribution in [0.2, 0.25) is 0 Å². The Bertz CT molecular complexity index is 291. The summed E-state index contributed by atoms with van der Waals surface area (Å²) in [6, 6.07) is 0. The van der Waals surface area contributed by atoms with Crippen molar-refractivity contribution in [2.24, 2.45) is 0 Å². The Labute approximate surface area is 77.2 Å². The molecule has 0 spiro atoms. The van der Waals surface area contributed by atoms with E-state index in [-0.39, 0.29) is 0 Å². The smallest absolute Gasteiger partial charge is 0.114 e. The Hall–Kier alpha value is -0.570. The van der Waals surface area contributed by atoms with Crippen LogP contribution in [-0.2, 0) is 6.42 Å². The molecule has 1 aromatic heterocycles. The molecule has 0 bridgehead atoms. The quantitative estimate of drug-likeness (QED) is 0.662. The first-order valence-electron chi connectivity index (χ1n) is 4.39. The number of thiazole rings is 1. The van der Waals surface area contributed by atoms with Crippen molar-refractivity contribution in [2.45, 2.75) is 26.2 Å². The molecule has 0 aromatic carbocycles. The summed E-state index contributed by atoms with van der Waals surface area (Å²) in [7, 11) is 2.15. The predicted octanol–water partition coefficient (Wildman–Crippen LogP) is 2.26. The van der Waals surface area contributed by atoms with Crippen LogP contribution in [0.5, 0.6) is 0 Å².